The van der Waals surface area contributed by atoms with E-state index in [9.17, 15) is 0 Å². The minimum absolute atomic E-state index is 0.793. The summed E-state index contributed by atoms with van der Waals surface area (Å²) >= 11 is 1.71. The van der Waals surface area contributed by atoms with Crippen LogP contribution in [0.5, 0.6) is 0 Å². The average molecular weight is 208 g/mol. The van der Waals surface area contributed by atoms with Crippen LogP contribution in [-0.2, 0) is 0 Å². The smallest absolute Gasteiger partial charge is 0.0801 e. The Balaban J connectivity index is 1.91. The van der Waals surface area contributed by atoms with Crippen LogP contribution < -0.4 is 5.32 Å². The maximum Gasteiger partial charge on any atom is 0.0801 e. The number of aryl methyl sites for hydroxylation is 1. The van der Waals surface area contributed by atoms with E-state index in [1.807, 2.05) is 5.51 Å². The highest BCUT2D eigenvalue weighted by molar-refractivity contribution is 7.10. The van der Waals surface area contributed by atoms with Crippen molar-refractivity contribution >= 4 is 17.4 Å². The Bertz CT molecular complexity index is 337. The highest BCUT2D eigenvalue weighted by Gasteiger charge is 2.19. The van der Waals surface area contributed by atoms with Gasteiger partial charge < -0.3 is 5.32 Å². The van der Waals surface area contributed by atoms with E-state index in [4.69, 9.17) is 0 Å². The minimum atomic E-state index is 0.793. The molecule has 0 aromatic carbocycles. The standard InChI is InChI=1S/C11H16N2S/c1-8(6-12-10-3-4-10)5-11-9(2)13-7-14-11/h5,7,10,12H,3-4,6H2,1-2H3. The van der Waals surface area contributed by atoms with Gasteiger partial charge in [0.2, 0.25) is 0 Å². The van der Waals surface area contributed by atoms with Gasteiger partial charge in [0.1, 0.15) is 0 Å². The molecule has 1 aliphatic carbocycles. The van der Waals surface area contributed by atoms with E-state index in [0.717, 1.165) is 18.3 Å². The van der Waals surface area contributed by atoms with E-state index < -0.39 is 0 Å². The van der Waals surface area contributed by atoms with Crippen molar-refractivity contribution < 1.29 is 0 Å². The number of nitrogens with one attached hydrogen (secondary N) is 1. The third-order valence-electron chi connectivity index (χ3n) is 2.41. The molecule has 0 bridgehead atoms. The third kappa shape index (κ3) is 2.66. The zero-order chi connectivity index (χ0) is 9.97. The first-order chi connectivity index (χ1) is 6.75. The Morgan fingerprint density at radius 2 is 2.50 bits per heavy atom. The van der Waals surface area contributed by atoms with Gasteiger partial charge in [-0.05, 0) is 32.8 Å². The topological polar surface area (TPSA) is 24.9 Å². The van der Waals surface area contributed by atoms with E-state index in [1.165, 1.54) is 23.3 Å². The van der Waals surface area contributed by atoms with Crippen LogP contribution in [0, 0.1) is 6.92 Å². The lowest BCUT2D eigenvalue weighted by molar-refractivity contribution is 0.736. The fourth-order valence-electron chi connectivity index (χ4n) is 1.32. The predicted molar refractivity (Wildman–Crippen MR) is 61.5 cm³/mol. The molecule has 1 aromatic rings. The van der Waals surface area contributed by atoms with Crippen molar-refractivity contribution in [3.05, 3.63) is 21.7 Å². The van der Waals surface area contributed by atoms with Gasteiger partial charge in [0.25, 0.3) is 0 Å². The molecule has 0 atom stereocenters. The number of nitrogens with zero attached hydrogens (tertiary/aromatic N) is 1. The summed E-state index contributed by atoms with van der Waals surface area (Å²) in [4.78, 5) is 5.52. The number of hydrogen-bond acceptors (Lipinski definition) is 3. The molecule has 0 spiro atoms. The van der Waals surface area contributed by atoms with Crippen molar-refractivity contribution in [3.63, 3.8) is 0 Å². The van der Waals surface area contributed by atoms with Gasteiger partial charge in [0.05, 0.1) is 11.2 Å². The lowest BCUT2D eigenvalue weighted by Gasteiger charge is -2.02. The minimum Gasteiger partial charge on any atom is -0.310 e. The molecule has 76 valence electrons. The molecule has 3 heteroatoms. The molecule has 0 aliphatic heterocycles. The molecule has 1 heterocycles. The van der Waals surface area contributed by atoms with Crippen LogP contribution in [0.3, 0.4) is 0 Å². The van der Waals surface area contributed by atoms with Gasteiger partial charge in [0.15, 0.2) is 0 Å². The maximum atomic E-state index is 4.23. The molecule has 1 aromatic heterocycles. The Morgan fingerprint density at radius 1 is 1.71 bits per heavy atom. The first kappa shape index (κ1) is 9.87. The molecule has 1 aliphatic rings. The van der Waals surface area contributed by atoms with Crippen LogP contribution in [0.25, 0.3) is 6.08 Å². The lowest BCUT2D eigenvalue weighted by Crippen LogP contribution is -2.18. The summed E-state index contributed by atoms with van der Waals surface area (Å²) in [6.07, 6.45) is 4.95. The van der Waals surface area contributed by atoms with Crippen LogP contribution in [0.2, 0.25) is 0 Å². The number of rotatable bonds is 4. The predicted octanol–water partition coefficient (Wildman–Crippen LogP) is 2.61. The van der Waals surface area contributed by atoms with Gasteiger partial charge in [-0.15, -0.1) is 11.3 Å². The summed E-state index contributed by atoms with van der Waals surface area (Å²) in [5.41, 5.74) is 4.44. The van der Waals surface area contributed by atoms with Gasteiger partial charge in [-0.3, -0.25) is 0 Å². The molecule has 0 unspecified atom stereocenters. The summed E-state index contributed by atoms with van der Waals surface area (Å²) in [6, 6.07) is 0.793. The molecule has 1 N–H and O–H groups in total. The van der Waals surface area contributed by atoms with Gasteiger partial charge in [-0.1, -0.05) is 5.57 Å². The van der Waals surface area contributed by atoms with Crippen molar-refractivity contribution in [2.75, 3.05) is 6.54 Å². The molecule has 0 radical (unpaired) electrons. The summed E-state index contributed by atoms with van der Waals surface area (Å²) in [6.45, 7) is 5.25. The SMILES string of the molecule is CC(=Cc1scnc1C)CNC1CC1. The first-order valence-electron chi connectivity index (χ1n) is 5.06. The van der Waals surface area contributed by atoms with E-state index in [2.05, 4.69) is 30.2 Å². The van der Waals surface area contributed by atoms with Gasteiger partial charge in [-0.25, -0.2) is 4.98 Å². The van der Waals surface area contributed by atoms with E-state index in [0.29, 0.717) is 0 Å². The molecule has 2 nitrogen and oxygen atoms in total. The van der Waals surface area contributed by atoms with Crippen LogP contribution in [0.1, 0.15) is 30.3 Å². The lowest BCUT2D eigenvalue weighted by atomic mass is 10.2. The van der Waals surface area contributed by atoms with Crippen LogP contribution in [0.15, 0.2) is 11.1 Å². The second kappa shape index (κ2) is 4.24. The molecule has 0 amide bonds. The van der Waals surface area contributed by atoms with Crippen molar-refractivity contribution in [1.29, 1.82) is 0 Å². The van der Waals surface area contributed by atoms with Gasteiger partial charge in [0, 0.05) is 17.5 Å². The number of hydrogen-bond donors (Lipinski definition) is 1. The Morgan fingerprint density at radius 3 is 3.07 bits per heavy atom. The van der Waals surface area contributed by atoms with Crippen LogP contribution >= 0.6 is 11.3 Å². The zero-order valence-electron chi connectivity index (χ0n) is 8.71. The average Bonchev–Trinajstić information content (AvgIpc) is 2.90. The molecular formula is C11H16N2S. The highest BCUT2D eigenvalue weighted by atomic mass is 32.1. The summed E-state index contributed by atoms with van der Waals surface area (Å²) < 4.78 is 0. The van der Waals surface area contributed by atoms with Crippen molar-refractivity contribution in [1.82, 2.24) is 10.3 Å². The molecular weight excluding hydrogens is 192 g/mol. The summed E-state index contributed by atoms with van der Waals surface area (Å²) in [7, 11) is 0. The van der Waals surface area contributed by atoms with Gasteiger partial charge in [-0.2, -0.15) is 0 Å². The van der Waals surface area contributed by atoms with Crippen LogP contribution in [0.4, 0.5) is 0 Å². The Kier molecular flexibility index (Phi) is 2.99. The third-order valence-corrected chi connectivity index (χ3v) is 3.29. The zero-order valence-corrected chi connectivity index (χ0v) is 9.53. The second-order valence-electron chi connectivity index (χ2n) is 3.95. The molecule has 2 rings (SSSR count). The Hall–Kier alpha value is -0.670. The van der Waals surface area contributed by atoms with Gasteiger partial charge >= 0.3 is 0 Å². The first-order valence-corrected chi connectivity index (χ1v) is 5.94. The molecule has 1 fully saturated rings. The largest absolute Gasteiger partial charge is 0.310 e. The Labute approximate surface area is 89.1 Å². The quantitative estimate of drug-likeness (QED) is 0.822. The summed E-state index contributed by atoms with van der Waals surface area (Å²) in [5.74, 6) is 0. The monoisotopic (exact) mass is 208 g/mol. The summed E-state index contributed by atoms with van der Waals surface area (Å²) in [5, 5.41) is 3.50. The molecule has 1 saturated carbocycles. The van der Waals surface area contributed by atoms with Crippen molar-refractivity contribution in [2.24, 2.45) is 0 Å². The van der Waals surface area contributed by atoms with E-state index in [-0.39, 0.29) is 0 Å². The number of aromatic nitrogens is 1. The second-order valence-corrected chi connectivity index (χ2v) is 4.83. The van der Waals surface area contributed by atoms with Crippen molar-refractivity contribution in [3.8, 4) is 0 Å². The highest BCUT2D eigenvalue weighted by Crippen LogP contribution is 2.20. The normalized spacial score (nSPS) is 17.4. The fraction of sp³-hybridized carbons (Fsp3) is 0.545. The van der Waals surface area contributed by atoms with E-state index in [1.54, 1.807) is 11.3 Å². The van der Waals surface area contributed by atoms with Crippen LogP contribution in [-0.4, -0.2) is 17.6 Å². The molecule has 14 heavy (non-hydrogen) atoms. The van der Waals surface area contributed by atoms with Crippen molar-refractivity contribution in [2.45, 2.75) is 32.7 Å². The molecule has 0 saturated heterocycles. The van der Waals surface area contributed by atoms with E-state index >= 15 is 0 Å². The number of thiazole rings is 1. The fourth-order valence-corrected chi connectivity index (χ4v) is 2.13. The maximum absolute atomic E-state index is 4.23.